The number of para-hydroxylation sites is 1. The summed E-state index contributed by atoms with van der Waals surface area (Å²) in [7, 11) is 6.71. The van der Waals surface area contributed by atoms with E-state index in [1.54, 1.807) is 84.9 Å². The Morgan fingerprint density at radius 2 is 0.624 bits per heavy atom. The third-order valence-electron chi connectivity index (χ3n) is 25.6. The van der Waals surface area contributed by atoms with Gasteiger partial charge in [0.1, 0.15) is 17.1 Å². The van der Waals surface area contributed by atoms with Crippen LogP contribution in [0.2, 0.25) is 0 Å². The van der Waals surface area contributed by atoms with Crippen LogP contribution in [-0.2, 0) is 50.6 Å². The lowest BCUT2D eigenvalue weighted by Gasteiger charge is -2.36. The van der Waals surface area contributed by atoms with Crippen LogP contribution < -0.4 is 14.7 Å². The fourth-order valence-electron chi connectivity index (χ4n) is 17.0. The molecule has 23 nitrogen and oxygen atoms in total. The predicted octanol–water partition coefficient (Wildman–Crippen LogP) is 26.6. The Morgan fingerprint density at radius 1 is 0.326 bits per heavy atom. The normalized spacial score (nSPS) is 12.5. The van der Waals surface area contributed by atoms with E-state index in [-0.39, 0.29) is 57.6 Å². The predicted molar refractivity (Wildman–Crippen MR) is 562 cm³/mol. The van der Waals surface area contributed by atoms with Crippen molar-refractivity contribution >= 4 is 127 Å². The van der Waals surface area contributed by atoms with Gasteiger partial charge >= 0.3 is 17.9 Å². The highest BCUT2D eigenvalue weighted by Gasteiger charge is 2.42. The van der Waals surface area contributed by atoms with Crippen molar-refractivity contribution in [3.63, 3.8) is 0 Å². The monoisotopic (exact) mass is 1900 g/mol. The first kappa shape index (κ1) is 109. The first-order chi connectivity index (χ1) is 67.9. The fourth-order valence-corrected chi connectivity index (χ4v) is 17.0. The molecule has 0 radical (unpaired) electrons. The number of unbranched alkanes of at least 4 members (excludes halogenated alkanes) is 6. The Kier molecular flexibility index (Phi) is 41.1. The van der Waals surface area contributed by atoms with Crippen molar-refractivity contribution in [2.75, 3.05) is 56.1 Å². The van der Waals surface area contributed by atoms with Crippen LogP contribution in [0.25, 0.3) is 0 Å². The summed E-state index contributed by atoms with van der Waals surface area (Å²) >= 11 is 0. The Morgan fingerprint density at radius 3 is 0.957 bits per heavy atom. The molecule has 141 heavy (non-hydrogen) atoms. The van der Waals surface area contributed by atoms with Gasteiger partial charge < -0.3 is 38.7 Å². The topological polar surface area (TPSA) is 270 Å². The van der Waals surface area contributed by atoms with E-state index < -0.39 is 34.8 Å². The van der Waals surface area contributed by atoms with Gasteiger partial charge in [0.05, 0.1) is 11.1 Å². The zero-order valence-corrected chi connectivity index (χ0v) is 84.3. The molecule has 11 aromatic carbocycles. The van der Waals surface area contributed by atoms with Crippen LogP contribution in [0.15, 0.2) is 301 Å². The molecule has 0 spiro atoms. The van der Waals surface area contributed by atoms with Crippen molar-refractivity contribution in [2.45, 2.75) is 209 Å². The van der Waals surface area contributed by atoms with Crippen molar-refractivity contribution in [3.8, 4) is 0 Å². The molecule has 0 unspecified atom stereocenters. The fraction of sp³-hybridized carbons (Fsp3) is 0.331. The summed E-state index contributed by atoms with van der Waals surface area (Å²) in [4.78, 5) is 154. The number of anilines is 9. The number of nitrogens with zero attached hydrogens (tertiary/aromatic N) is 8. The summed E-state index contributed by atoms with van der Waals surface area (Å²) < 4.78 is 11.4. The highest BCUT2D eigenvalue weighted by atomic mass is 16.7. The van der Waals surface area contributed by atoms with E-state index in [2.05, 4.69) is 89.1 Å². The van der Waals surface area contributed by atoms with E-state index in [1.165, 1.54) is 47.0 Å². The molecule has 0 bridgehead atoms. The summed E-state index contributed by atoms with van der Waals surface area (Å²) in [6.45, 7) is 23.5. The minimum Gasteiger partial charge on any atom is -0.343 e. The first-order valence-electron chi connectivity index (χ1n) is 48.8. The van der Waals surface area contributed by atoms with E-state index in [0.29, 0.717) is 75.3 Å². The number of hydrogen-bond donors (Lipinski definition) is 0. The summed E-state index contributed by atoms with van der Waals surface area (Å²) in [5, 5.41) is 11.8. The molecule has 1 aliphatic rings. The van der Waals surface area contributed by atoms with Crippen LogP contribution in [0.5, 0.6) is 0 Å². The maximum Gasteiger partial charge on any atom is 0.331 e. The van der Waals surface area contributed by atoms with Gasteiger partial charge in [-0.25, -0.2) is 14.4 Å². The molecule has 23 heteroatoms. The number of ketones is 7. The molecular weight excluding hydrogens is 1770 g/mol. The Hall–Kier alpha value is -14.2. The molecule has 0 aromatic heterocycles. The highest BCUT2D eigenvalue weighted by Crippen LogP contribution is 2.41. The van der Waals surface area contributed by atoms with E-state index in [1.807, 2.05) is 228 Å². The number of benzene rings is 11. The number of ether oxygens (including phenoxy) is 2. The van der Waals surface area contributed by atoms with Gasteiger partial charge in [0, 0.05) is 136 Å². The molecule has 1 aliphatic carbocycles. The molecule has 0 atom stereocenters. The van der Waals surface area contributed by atoms with Crippen molar-refractivity contribution in [1.29, 1.82) is 0 Å². The van der Waals surface area contributed by atoms with Gasteiger partial charge in [0.15, 0.2) is 17.3 Å². The van der Waals surface area contributed by atoms with Crippen molar-refractivity contribution in [1.82, 2.24) is 9.80 Å². The Bertz CT molecular complexity index is 6070. The lowest BCUT2D eigenvalue weighted by Crippen LogP contribution is -2.49. The van der Waals surface area contributed by atoms with Gasteiger partial charge in [-0.05, 0) is 299 Å². The van der Waals surface area contributed by atoms with Crippen LogP contribution in [0.4, 0.5) is 51.2 Å². The van der Waals surface area contributed by atoms with E-state index in [9.17, 15) is 47.9 Å². The Labute approximate surface area is 831 Å². The van der Waals surface area contributed by atoms with Gasteiger partial charge in [0.25, 0.3) is 5.79 Å². The third kappa shape index (κ3) is 29.2. The molecule has 0 aliphatic heterocycles. The minimum atomic E-state index is -1.59. The van der Waals surface area contributed by atoms with Crippen LogP contribution in [0.3, 0.4) is 0 Å². The molecule has 0 heterocycles. The molecule has 0 saturated heterocycles. The molecule has 1 fully saturated rings. The highest BCUT2D eigenvalue weighted by molar-refractivity contribution is 6.47. The lowest BCUT2D eigenvalue weighted by atomic mass is 9.84. The lowest BCUT2D eigenvalue weighted by molar-refractivity contribution is -0.176. The van der Waals surface area contributed by atoms with Crippen LogP contribution in [-0.4, -0.2) is 138 Å². The van der Waals surface area contributed by atoms with Gasteiger partial charge in [-0.15, -0.1) is 0 Å². The van der Waals surface area contributed by atoms with Gasteiger partial charge in [0.2, 0.25) is 23.1 Å². The van der Waals surface area contributed by atoms with Gasteiger partial charge in [-0.1, -0.05) is 212 Å². The van der Waals surface area contributed by atoms with Gasteiger partial charge in [-0.3, -0.25) is 43.4 Å². The second-order valence-electron chi connectivity index (χ2n) is 36.1. The number of aryl methyl sites for hydroxylation is 1. The standard InChI is InChI=1S/C43H49N3O5.C41H44N2O6.C34H41N3O4/c1-7-10-11-15-18-39(44-51-31(4)47)41(49)34-21-27-37(28-22-34)46(36-25-19-33(20-26-36)40(48)32-16-13-12-14-17-32)38-29-23-35(24-30-38)42(50)43(5,6)45(8-2)9-3;1-5-30-16-22-35(23-17-30)43(37-26-20-33(21-27-37)40(46)41(47-3,48-4)34-14-10-7-11-15-34)36-24-18-32(19-25-36)39(45)38(42-49-29(2)44)28-31-12-8-6-9-13-31;1-7-8-9-13-16-31(35-41-25(2)38)32(39)26-17-21-29(22-18-26)37(28-14-11-10-12-15-28)30-23-19-27(20-24-30)33(40)34(3,4)36(5)6/h12-14,16-17,19-30H,7-11,15,18H2,1-6H3;7,10-11,14-27,31H,5-6,8-9,12-13,28H2,1-4H3;10-12,14-15,17-24H,7-9,13,16H2,1-6H3/b44-39+;42-38+;35-31+. The first-order valence-corrected chi connectivity index (χ1v) is 48.8. The van der Waals surface area contributed by atoms with Crippen LogP contribution >= 0.6 is 0 Å². The SMILES string of the molecule is CCCCCC/C(=N\OC(C)=O)C(=O)c1ccc(N(c2ccc(C(=O)c3ccccc3)cc2)c2ccc(C(=O)C(C)(C)N(CC)CC)cc2)cc1.CCCCCC/C(=N\OC(C)=O)C(=O)c1ccc(N(c2ccccc2)c2ccc(C(=O)C(C)(C)N(C)C)cc2)cc1.CCc1ccc(N(c2ccc(C(=O)/C(CC3CCCCC3)=N/OC(C)=O)cc2)c2ccc(C(=O)C(OC)(OC)c3ccccc3)cc2)cc1. The molecule has 0 N–H and O–H groups in total. The zero-order chi connectivity index (χ0) is 102. The van der Waals surface area contributed by atoms with Crippen molar-refractivity contribution in [2.24, 2.45) is 21.4 Å². The smallest absolute Gasteiger partial charge is 0.331 e. The quantitative estimate of drug-likeness (QED) is 0.00856. The van der Waals surface area contributed by atoms with Crippen molar-refractivity contribution in [3.05, 3.63) is 341 Å². The van der Waals surface area contributed by atoms with Gasteiger partial charge in [-0.2, -0.15) is 0 Å². The number of likely N-dealkylation sites (N-methyl/N-ethyl adjacent to an activating group) is 2. The molecule has 736 valence electrons. The summed E-state index contributed by atoms with van der Waals surface area (Å²) in [5.74, 6) is -4.07. The van der Waals surface area contributed by atoms with E-state index in [0.717, 1.165) is 148 Å². The number of methoxy groups -OCH3 is 2. The zero-order valence-electron chi connectivity index (χ0n) is 84.3. The second-order valence-corrected chi connectivity index (χ2v) is 36.1. The summed E-state index contributed by atoms with van der Waals surface area (Å²) in [5.41, 5.74) is 13.0. The van der Waals surface area contributed by atoms with Crippen LogP contribution in [0.1, 0.15) is 275 Å². The maximum absolute atomic E-state index is 13.9. The number of rotatable bonds is 46. The average molecular weight is 1900 g/mol. The third-order valence-corrected chi connectivity index (χ3v) is 25.6. The second kappa shape index (κ2) is 53.2. The average Bonchev–Trinajstić information content (AvgIpc) is 0.794. The summed E-state index contributed by atoms with van der Waals surface area (Å²) in [6, 6.07) is 88.0. The molecule has 11 aromatic rings. The number of Topliss-reactive ketones (excluding diaryl/α,β-unsaturated/α-hetero) is 6. The minimum absolute atomic E-state index is 0.0388. The van der Waals surface area contributed by atoms with E-state index in [4.69, 9.17) is 24.0 Å². The molecule has 1 saturated carbocycles. The van der Waals surface area contributed by atoms with Crippen molar-refractivity contribution < 1.29 is 71.9 Å². The summed E-state index contributed by atoms with van der Waals surface area (Å²) in [6.07, 6.45) is 15.5. The maximum atomic E-state index is 13.9. The number of carbonyl (C=O) groups is 10. The molecule has 12 rings (SSSR count). The molecule has 0 amide bonds. The Balaban J connectivity index is 0.000000219. The number of carbonyl (C=O) groups excluding carboxylic acids is 10. The molecular formula is C118H134N8O15. The van der Waals surface area contributed by atoms with Crippen LogP contribution in [0, 0.1) is 5.92 Å². The number of oxime groups is 3. The van der Waals surface area contributed by atoms with E-state index >= 15 is 0 Å². The largest absolute Gasteiger partial charge is 0.343 e. The number of hydrogen-bond acceptors (Lipinski definition) is 23.